The van der Waals surface area contributed by atoms with Crippen molar-refractivity contribution in [3.8, 4) is 11.1 Å². The zero-order valence-corrected chi connectivity index (χ0v) is 10.1. The molecule has 0 atom stereocenters. The second-order valence-electron chi connectivity index (χ2n) is 4.54. The molecule has 0 saturated heterocycles. The Kier molecular flexibility index (Phi) is 2.25. The number of hydrogen-bond donors (Lipinski definition) is 0. The van der Waals surface area contributed by atoms with Crippen molar-refractivity contribution in [2.75, 3.05) is 0 Å². The Bertz CT molecular complexity index is 677. The molecule has 0 amide bonds. The molecular formula is C16H15N. The standard InChI is InChI=1S/C16H15N/c1-12-6-5-7-13(10-12)15-11-17(2)16-9-4-3-8-14(15)16/h3-11H,1-2H3. The summed E-state index contributed by atoms with van der Waals surface area (Å²) in [6.45, 7) is 2.13. The third-order valence-electron chi connectivity index (χ3n) is 3.23. The zero-order valence-electron chi connectivity index (χ0n) is 10.1. The van der Waals surface area contributed by atoms with Crippen LogP contribution in [0.1, 0.15) is 5.56 Å². The molecule has 0 aliphatic rings. The lowest BCUT2D eigenvalue weighted by molar-refractivity contribution is 0.970. The lowest BCUT2D eigenvalue weighted by Gasteiger charge is -2.00. The molecule has 1 heteroatoms. The highest BCUT2D eigenvalue weighted by atomic mass is 14.9. The SMILES string of the molecule is Cc1cccc(-c2cn(C)c3ccccc23)c1. The molecule has 0 fully saturated rings. The van der Waals surface area contributed by atoms with Gasteiger partial charge in [-0.25, -0.2) is 0 Å². The average molecular weight is 221 g/mol. The van der Waals surface area contributed by atoms with Crippen LogP contribution in [0.4, 0.5) is 0 Å². The van der Waals surface area contributed by atoms with Gasteiger partial charge in [-0.3, -0.25) is 0 Å². The molecule has 84 valence electrons. The van der Waals surface area contributed by atoms with Gasteiger partial charge in [-0.15, -0.1) is 0 Å². The van der Waals surface area contributed by atoms with E-state index in [1.54, 1.807) is 0 Å². The van der Waals surface area contributed by atoms with Crippen molar-refractivity contribution in [2.24, 2.45) is 7.05 Å². The number of hydrogen-bond acceptors (Lipinski definition) is 0. The van der Waals surface area contributed by atoms with Gasteiger partial charge in [0.15, 0.2) is 0 Å². The fourth-order valence-corrected chi connectivity index (χ4v) is 2.38. The third kappa shape index (κ3) is 1.64. The van der Waals surface area contributed by atoms with Crippen molar-refractivity contribution in [2.45, 2.75) is 6.92 Å². The second-order valence-corrected chi connectivity index (χ2v) is 4.54. The fourth-order valence-electron chi connectivity index (χ4n) is 2.38. The summed E-state index contributed by atoms with van der Waals surface area (Å²) in [5.41, 5.74) is 5.19. The van der Waals surface area contributed by atoms with E-state index in [-0.39, 0.29) is 0 Å². The van der Waals surface area contributed by atoms with Gasteiger partial charge in [0.1, 0.15) is 0 Å². The van der Waals surface area contributed by atoms with Crippen molar-refractivity contribution in [1.29, 1.82) is 0 Å². The van der Waals surface area contributed by atoms with Gasteiger partial charge in [0.2, 0.25) is 0 Å². The van der Waals surface area contributed by atoms with Gasteiger partial charge < -0.3 is 4.57 Å². The van der Waals surface area contributed by atoms with Gasteiger partial charge in [-0.1, -0.05) is 48.0 Å². The minimum atomic E-state index is 1.28. The highest BCUT2D eigenvalue weighted by Gasteiger charge is 2.07. The number of aryl methyl sites for hydroxylation is 2. The molecule has 1 heterocycles. The predicted molar refractivity (Wildman–Crippen MR) is 73.1 cm³/mol. The Morgan fingerprint density at radius 3 is 2.59 bits per heavy atom. The van der Waals surface area contributed by atoms with Crippen LogP contribution in [-0.2, 0) is 7.05 Å². The van der Waals surface area contributed by atoms with E-state index in [1.807, 2.05) is 0 Å². The first-order chi connectivity index (χ1) is 8.25. The highest BCUT2D eigenvalue weighted by molar-refractivity contribution is 5.96. The molecule has 17 heavy (non-hydrogen) atoms. The number of aromatic nitrogens is 1. The van der Waals surface area contributed by atoms with Crippen molar-refractivity contribution >= 4 is 10.9 Å². The van der Waals surface area contributed by atoms with Crippen molar-refractivity contribution in [1.82, 2.24) is 4.57 Å². The number of rotatable bonds is 1. The zero-order chi connectivity index (χ0) is 11.8. The van der Waals surface area contributed by atoms with Gasteiger partial charge in [0.05, 0.1) is 0 Å². The maximum absolute atomic E-state index is 2.24. The highest BCUT2D eigenvalue weighted by Crippen LogP contribution is 2.30. The maximum Gasteiger partial charge on any atom is 0.0484 e. The van der Waals surface area contributed by atoms with Crippen LogP contribution in [0, 0.1) is 6.92 Å². The normalized spacial score (nSPS) is 10.9. The first-order valence-electron chi connectivity index (χ1n) is 5.87. The summed E-state index contributed by atoms with van der Waals surface area (Å²) in [7, 11) is 2.10. The van der Waals surface area contributed by atoms with Crippen LogP contribution in [-0.4, -0.2) is 4.57 Å². The van der Waals surface area contributed by atoms with E-state index < -0.39 is 0 Å². The topological polar surface area (TPSA) is 4.93 Å². The van der Waals surface area contributed by atoms with Crippen LogP contribution in [0.2, 0.25) is 0 Å². The van der Waals surface area contributed by atoms with Crippen LogP contribution in [0.3, 0.4) is 0 Å². The maximum atomic E-state index is 2.24. The Labute approximate surface area is 101 Å². The van der Waals surface area contributed by atoms with Gasteiger partial charge in [-0.2, -0.15) is 0 Å². The lowest BCUT2D eigenvalue weighted by atomic mass is 10.0. The molecule has 3 aromatic rings. The molecule has 0 radical (unpaired) electrons. The van der Waals surface area contributed by atoms with Gasteiger partial charge in [-0.05, 0) is 18.6 Å². The molecule has 0 unspecified atom stereocenters. The monoisotopic (exact) mass is 221 g/mol. The summed E-state index contributed by atoms with van der Waals surface area (Å²) in [4.78, 5) is 0. The number of benzene rings is 2. The minimum Gasteiger partial charge on any atom is -0.350 e. The smallest absolute Gasteiger partial charge is 0.0484 e. The largest absolute Gasteiger partial charge is 0.350 e. The summed E-state index contributed by atoms with van der Waals surface area (Å²) in [5.74, 6) is 0. The van der Waals surface area contributed by atoms with Crippen LogP contribution < -0.4 is 0 Å². The van der Waals surface area contributed by atoms with Crippen molar-refractivity contribution < 1.29 is 0 Å². The Hall–Kier alpha value is -2.02. The second kappa shape index (κ2) is 3.77. The predicted octanol–water partition coefficient (Wildman–Crippen LogP) is 4.15. The molecule has 0 bridgehead atoms. The molecule has 3 rings (SSSR count). The summed E-state index contributed by atoms with van der Waals surface area (Å²) in [5, 5.41) is 1.32. The fraction of sp³-hybridized carbons (Fsp3) is 0.125. The summed E-state index contributed by atoms with van der Waals surface area (Å²) < 4.78 is 2.19. The van der Waals surface area contributed by atoms with E-state index in [9.17, 15) is 0 Å². The first-order valence-corrected chi connectivity index (χ1v) is 5.87. The summed E-state index contributed by atoms with van der Waals surface area (Å²) in [6.07, 6.45) is 2.21. The molecule has 1 nitrogen and oxygen atoms in total. The van der Waals surface area contributed by atoms with Gasteiger partial charge in [0.25, 0.3) is 0 Å². The van der Waals surface area contributed by atoms with E-state index >= 15 is 0 Å². The van der Waals surface area contributed by atoms with Gasteiger partial charge >= 0.3 is 0 Å². The Morgan fingerprint density at radius 1 is 0.941 bits per heavy atom. The Balaban J connectivity index is 2.31. The molecule has 2 aromatic carbocycles. The first kappa shape index (κ1) is 10.2. The average Bonchev–Trinajstić information content (AvgIpc) is 2.68. The van der Waals surface area contributed by atoms with Gasteiger partial charge in [0, 0.05) is 29.7 Å². The van der Waals surface area contributed by atoms with Crippen LogP contribution in [0.15, 0.2) is 54.7 Å². The summed E-state index contributed by atoms with van der Waals surface area (Å²) in [6, 6.07) is 17.2. The van der Waals surface area contributed by atoms with Crippen molar-refractivity contribution in [3.63, 3.8) is 0 Å². The van der Waals surface area contributed by atoms with E-state index in [0.717, 1.165) is 0 Å². The number of fused-ring (bicyclic) bond motifs is 1. The third-order valence-corrected chi connectivity index (χ3v) is 3.23. The van der Waals surface area contributed by atoms with Crippen LogP contribution in [0.5, 0.6) is 0 Å². The van der Waals surface area contributed by atoms with Crippen LogP contribution in [0.25, 0.3) is 22.0 Å². The van der Waals surface area contributed by atoms with E-state index in [1.165, 1.54) is 27.6 Å². The molecular weight excluding hydrogens is 206 g/mol. The van der Waals surface area contributed by atoms with Crippen LogP contribution >= 0.6 is 0 Å². The van der Waals surface area contributed by atoms with Crippen molar-refractivity contribution in [3.05, 3.63) is 60.3 Å². The molecule has 1 aromatic heterocycles. The molecule has 0 N–H and O–H groups in total. The summed E-state index contributed by atoms with van der Waals surface area (Å²) >= 11 is 0. The number of nitrogens with zero attached hydrogens (tertiary/aromatic N) is 1. The lowest BCUT2D eigenvalue weighted by Crippen LogP contribution is -1.81. The number of para-hydroxylation sites is 1. The molecule has 0 spiro atoms. The van der Waals surface area contributed by atoms with E-state index in [2.05, 4.69) is 73.3 Å². The molecule has 0 aliphatic heterocycles. The van der Waals surface area contributed by atoms with E-state index in [0.29, 0.717) is 0 Å². The Morgan fingerprint density at radius 2 is 1.76 bits per heavy atom. The quantitative estimate of drug-likeness (QED) is 0.581. The minimum absolute atomic E-state index is 1.28. The molecule has 0 aliphatic carbocycles. The van der Waals surface area contributed by atoms with E-state index in [4.69, 9.17) is 0 Å². The molecule has 0 saturated carbocycles.